The Morgan fingerprint density at radius 3 is 1.61 bits per heavy atom. The van der Waals surface area contributed by atoms with Gasteiger partial charge in [0.05, 0.1) is 12.4 Å². The van der Waals surface area contributed by atoms with Crippen molar-refractivity contribution in [3.63, 3.8) is 0 Å². The normalized spacial score (nSPS) is 10.7. The number of hydrogen-bond donors (Lipinski definition) is 0. The Morgan fingerprint density at radius 2 is 1.13 bits per heavy atom. The Bertz CT molecular complexity index is 755. The van der Waals surface area contributed by atoms with Crippen molar-refractivity contribution in [3.05, 3.63) is 84.9 Å². The van der Waals surface area contributed by atoms with Gasteiger partial charge in [0.15, 0.2) is 7.14 Å². The monoisotopic (exact) mass is 324 g/mol. The van der Waals surface area contributed by atoms with Crippen LogP contribution in [0.5, 0.6) is 5.75 Å². The molecule has 0 unspecified atom stereocenters. The molecule has 23 heavy (non-hydrogen) atoms. The maximum absolute atomic E-state index is 14.1. The number of methoxy groups -OCH3 is 1. The summed E-state index contributed by atoms with van der Waals surface area (Å²) in [7, 11) is -1.35. The molecule has 2 nitrogen and oxygen atoms in total. The lowest BCUT2D eigenvalue weighted by atomic mass is 10.3. The van der Waals surface area contributed by atoms with Gasteiger partial charge in [0.25, 0.3) is 0 Å². The first-order chi connectivity index (χ1) is 10.8. The van der Waals surface area contributed by atoms with E-state index in [1.54, 1.807) is 7.11 Å². The lowest BCUT2D eigenvalue weighted by Crippen LogP contribution is -2.25. The van der Waals surface area contributed by atoms with Crippen molar-refractivity contribution in [1.29, 1.82) is 0 Å². The molecule has 0 saturated carbocycles. The van der Waals surface area contributed by atoms with Crippen LogP contribution < -0.4 is 20.7 Å². The van der Waals surface area contributed by atoms with E-state index in [1.165, 1.54) is 0 Å². The van der Waals surface area contributed by atoms with Gasteiger partial charge in [-0.3, -0.25) is 0 Å². The van der Waals surface area contributed by atoms with Crippen molar-refractivity contribution in [2.45, 2.75) is 7.43 Å². The molecule has 0 aromatic heterocycles. The minimum Gasteiger partial charge on any atom is -0.496 e. The number of para-hydroxylation sites is 1. The van der Waals surface area contributed by atoms with Gasteiger partial charge >= 0.3 is 0 Å². The summed E-state index contributed by atoms with van der Waals surface area (Å²) in [5.41, 5.74) is 0. The molecule has 0 fully saturated rings. The minimum atomic E-state index is -2.96. The van der Waals surface area contributed by atoms with E-state index in [9.17, 15) is 4.57 Å². The average molecular weight is 324 g/mol. The summed E-state index contributed by atoms with van der Waals surface area (Å²) in [5.74, 6) is 0.651. The van der Waals surface area contributed by atoms with Gasteiger partial charge in [0.2, 0.25) is 0 Å². The van der Waals surface area contributed by atoms with Crippen LogP contribution in [0.3, 0.4) is 0 Å². The standard InChI is InChI=1S/C19H17O2P.CH4/c1-21-18-14-8-9-15-19(18)22(20,16-10-4-2-5-11-16)17-12-6-3-7-13-17;/h2-15H,1H3;1H4. The second kappa shape index (κ2) is 7.30. The molecule has 0 N–H and O–H groups in total. The van der Waals surface area contributed by atoms with Gasteiger partial charge in [-0.25, -0.2) is 0 Å². The molecule has 0 aliphatic rings. The number of rotatable bonds is 4. The third-order valence-corrected chi connectivity index (χ3v) is 6.76. The van der Waals surface area contributed by atoms with E-state index in [-0.39, 0.29) is 7.43 Å². The molecule has 3 aromatic rings. The summed E-state index contributed by atoms with van der Waals surface area (Å²) in [6, 6.07) is 26.7. The summed E-state index contributed by atoms with van der Waals surface area (Å²) < 4.78 is 19.6. The molecule has 118 valence electrons. The first kappa shape index (κ1) is 17.1. The van der Waals surface area contributed by atoms with Crippen LogP contribution >= 0.6 is 7.14 Å². The van der Waals surface area contributed by atoms with Gasteiger partial charge in [0, 0.05) is 10.6 Å². The van der Waals surface area contributed by atoms with Crippen LogP contribution in [0.4, 0.5) is 0 Å². The maximum Gasteiger partial charge on any atom is 0.174 e. The fourth-order valence-electron chi connectivity index (χ4n) is 2.59. The molecule has 3 aromatic carbocycles. The Balaban J connectivity index is 0.00000192. The van der Waals surface area contributed by atoms with Crippen molar-refractivity contribution in [2.24, 2.45) is 0 Å². The van der Waals surface area contributed by atoms with Gasteiger partial charge in [-0.2, -0.15) is 0 Å². The quantitative estimate of drug-likeness (QED) is 0.679. The largest absolute Gasteiger partial charge is 0.496 e. The molecule has 0 heterocycles. The van der Waals surface area contributed by atoms with E-state index in [4.69, 9.17) is 4.74 Å². The molecule has 0 bridgehead atoms. The third-order valence-electron chi connectivity index (χ3n) is 3.66. The molecule has 0 radical (unpaired) electrons. The smallest absolute Gasteiger partial charge is 0.174 e. The predicted molar refractivity (Wildman–Crippen MR) is 99.1 cm³/mol. The van der Waals surface area contributed by atoms with Crippen LogP contribution in [0.25, 0.3) is 0 Å². The van der Waals surface area contributed by atoms with Gasteiger partial charge < -0.3 is 9.30 Å². The highest BCUT2D eigenvalue weighted by Gasteiger charge is 2.32. The lowest BCUT2D eigenvalue weighted by molar-refractivity contribution is 0.418. The van der Waals surface area contributed by atoms with Crippen molar-refractivity contribution >= 4 is 23.1 Å². The van der Waals surface area contributed by atoms with Crippen LogP contribution in [0.15, 0.2) is 84.9 Å². The average Bonchev–Trinajstić information content (AvgIpc) is 2.62. The Hall–Kier alpha value is -2.31. The van der Waals surface area contributed by atoms with E-state index in [1.807, 2.05) is 84.9 Å². The molecular weight excluding hydrogens is 303 g/mol. The van der Waals surface area contributed by atoms with Crippen LogP contribution in [-0.2, 0) is 4.57 Å². The molecule has 0 aliphatic carbocycles. The fourth-order valence-corrected chi connectivity index (χ4v) is 5.40. The first-order valence-electron chi connectivity index (χ1n) is 7.11. The van der Waals surface area contributed by atoms with Crippen LogP contribution in [0.1, 0.15) is 7.43 Å². The maximum atomic E-state index is 14.1. The van der Waals surface area contributed by atoms with E-state index >= 15 is 0 Å². The van der Waals surface area contributed by atoms with Gasteiger partial charge in [0.1, 0.15) is 5.75 Å². The van der Waals surface area contributed by atoms with Gasteiger partial charge in [-0.1, -0.05) is 80.2 Å². The summed E-state index contributed by atoms with van der Waals surface area (Å²) in [6.45, 7) is 0. The van der Waals surface area contributed by atoms with Crippen molar-refractivity contribution in [3.8, 4) is 5.75 Å². The predicted octanol–water partition coefficient (Wildman–Crippen LogP) is 3.97. The van der Waals surface area contributed by atoms with Gasteiger partial charge in [-0.05, 0) is 12.1 Å². The van der Waals surface area contributed by atoms with E-state index in [0.29, 0.717) is 5.75 Å². The van der Waals surface area contributed by atoms with E-state index in [2.05, 4.69) is 0 Å². The molecule has 0 saturated heterocycles. The molecule has 3 rings (SSSR count). The molecule has 3 heteroatoms. The SMILES string of the molecule is C.COc1ccccc1P(=O)(c1ccccc1)c1ccccc1. The first-order valence-corrected chi connectivity index (χ1v) is 8.82. The van der Waals surface area contributed by atoms with E-state index in [0.717, 1.165) is 15.9 Å². The number of hydrogen-bond acceptors (Lipinski definition) is 2. The van der Waals surface area contributed by atoms with Crippen molar-refractivity contribution in [1.82, 2.24) is 0 Å². The van der Waals surface area contributed by atoms with Crippen LogP contribution in [-0.4, -0.2) is 7.11 Å². The number of ether oxygens (including phenoxy) is 1. The van der Waals surface area contributed by atoms with Crippen molar-refractivity contribution in [2.75, 3.05) is 7.11 Å². The summed E-state index contributed by atoms with van der Waals surface area (Å²) in [5, 5.41) is 2.35. The molecular formula is C20H21O2P. The summed E-state index contributed by atoms with van der Waals surface area (Å²) in [4.78, 5) is 0. The Labute approximate surface area is 138 Å². The second-order valence-corrected chi connectivity index (χ2v) is 7.69. The molecule has 0 atom stereocenters. The van der Waals surface area contributed by atoms with Crippen LogP contribution in [0, 0.1) is 0 Å². The van der Waals surface area contributed by atoms with E-state index < -0.39 is 7.14 Å². The minimum absolute atomic E-state index is 0. The third kappa shape index (κ3) is 3.09. The fraction of sp³-hybridized carbons (Fsp3) is 0.100. The zero-order valence-electron chi connectivity index (χ0n) is 12.3. The number of benzene rings is 3. The van der Waals surface area contributed by atoms with Crippen molar-refractivity contribution < 1.29 is 9.30 Å². The van der Waals surface area contributed by atoms with Gasteiger partial charge in [-0.15, -0.1) is 0 Å². The highest BCUT2D eigenvalue weighted by molar-refractivity contribution is 7.85. The summed E-state index contributed by atoms with van der Waals surface area (Å²) in [6.07, 6.45) is 0. The molecule has 0 amide bonds. The highest BCUT2D eigenvalue weighted by atomic mass is 31.2. The topological polar surface area (TPSA) is 26.3 Å². The van der Waals surface area contributed by atoms with Crippen LogP contribution in [0.2, 0.25) is 0 Å². The summed E-state index contributed by atoms with van der Waals surface area (Å²) >= 11 is 0. The highest BCUT2D eigenvalue weighted by Crippen LogP contribution is 2.44. The zero-order valence-corrected chi connectivity index (χ0v) is 13.2. The zero-order chi connectivity index (χ0) is 15.4. The Morgan fingerprint density at radius 1 is 0.696 bits per heavy atom. The molecule has 0 aliphatic heterocycles. The second-order valence-electron chi connectivity index (χ2n) is 4.95. The Kier molecular flexibility index (Phi) is 5.41. The molecule has 0 spiro atoms. The lowest BCUT2D eigenvalue weighted by Gasteiger charge is -2.21.